The zero-order valence-corrected chi connectivity index (χ0v) is 10.4. The maximum Gasteiger partial charge on any atom is 0.202 e. The molecule has 0 unspecified atom stereocenters. The van der Waals surface area contributed by atoms with Crippen LogP contribution in [0.25, 0.3) is 0 Å². The van der Waals surface area contributed by atoms with Gasteiger partial charge in [0.25, 0.3) is 0 Å². The molecule has 1 aliphatic rings. The van der Waals surface area contributed by atoms with E-state index in [9.17, 15) is 4.79 Å². The number of rotatable bonds is 2. The average molecular weight is 242 g/mol. The summed E-state index contributed by atoms with van der Waals surface area (Å²) in [6.45, 7) is 0. The van der Waals surface area contributed by atoms with E-state index in [2.05, 4.69) is 6.07 Å². The molecule has 0 bridgehead atoms. The fourth-order valence-electron chi connectivity index (χ4n) is 2.33. The molecule has 1 aliphatic carbocycles. The van der Waals surface area contributed by atoms with Crippen LogP contribution >= 0.6 is 11.3 Å². The summed E-state index contributed by atoms with van der Waals surface area (Å²) in [5, 5.41) is 0. The van der Waals surface area contributed by atoms with E-state index in [1.54, 1.807) is 11.3 Å². The Morgan fingerprint density at radius 3 is 2.59 bits per heavy atom. The number of fused-ring (bicyclic) bond motifs is 1. The summed E-state index contributed by atoms with van der Waals surface area (Å²) in [7, 11) is 0. The fraction of sp³-hybridized carbons (Fsp3) is 0.267. The fourth-order valence-corrected chi connectivity index (χ4v) is 3.55. The second kappa shape index (κ2) is 4.46. The number of ketones is 1. The molecular formula is C15H14OS. The third-order valence-electron chi connectivity index (χ3n) is 3.26. The minimum absolute atomic E-state index is 0.171. The Morgan fingerprint density at radius 2 is 1.82 bits per heavy atom. The lowest BCUT2D eigenvalue weighted by Gasteiger charge is -2.08. The van der Waals surface area contributed by atoms with Crippen LogP contribution in [0, 0.1) is 0 Å². The van der Waals surface area contributed by atoms with E-state index >= 15 is 0 Å². The Hall–Kier alpha value is -1.41. The largest absolute Gasteiger partial charge is 0.288 e. The van der Waals surface area contributed by atoms with E-state index in [-0.39, 0.29) is 5.78 Å². The SMILES string of the molecule is O=C(c1ccccc1)c1cc2c(s1)CCCC2. The van der Waals surface area contributed by atoms with Crippen molar-refractivity contribution in [2.75, 3.05) is 0 Å². The maximum atomic E-state index is 12.3. The summed E-state index contributed by atoms with van der Waals surface area (Å²) in [5.41, 5.74) is 2.20. The highest BCUT2D eigenvalue weighted by Crippen LogP contribution is 2.30. The molecule has 2 heteroatoms. The molecule has 0 spiro atoms. The molecular weight excluding hydrogens is 228 g/mol. The van der Waals surface area contributed by atoms with Crippen LogP contribution < -0.4 is 0 Å². The van der Waals surface area contributed by atoms with Crippen molar-refractivity contribution in [1.29, 1.82) is 0 Å². The molecule has 86 valence electrons. The van der Waals surface area contributed by atoms with Gasteiger partial charge in [0.2, 0.25) is 5.78 Å². The normalized spacial score (nSPS) is 14.4. The molecule has 1 aromatic carbocycles. The molecule has 0 radical (unpaired) electrons. The third kappa shape index (κ3) is 2.05. The van der Waals surface area contributed by atoms with Gasteiger partial charge in [-0.1, -0.05) is 30.3 Å². The number of benzene rings is 1. The van der Waals surface area contributed by atoms with Crippen LogP contribution in [0.4, 0.5) is 0 Å². The van der Waals surface area contributed by atoms with Crippen molar-refractivity contribution < 1.29 is 4.79 Å². The van der Waals surface area contributed by atoms with E-state index in [1.807, 2.05) is 30.3 Å². The van der Waals surface area contributed by atoms with Crippen molar-refractivity contribution in [1.82, 2.24) is 0 Å². The first kappa shape index (κ1) is 10.7. The van der Waals surface area contributed by atoms with Crippen LogP contribution in [-0.2, 0) is 12.8 Å². The highest BCUT2D eigenvalue weighted by Gasteiger charge is 2.17. The van der Waals surface area contributed by atoms with Gasteiger partial charge in [-0.2, -0.15) is 0 Å². The van der Waals surface area contributed by atoms with Crippen molar-refractivity contribution in [2.45, 2.75) is 25.7 Å². The Kier molecular flexibility index (Phi) is 2.81. The maximum absolute atomic E-state index is 12.3. The Morgan fingerprint density at radius 1 is 1.06 bits per heavy atom. The lowest BCUT2D eigenvalue weighted by atomic mass is 9.98. The van der Waals surface area contributed by atoms with Gasteiger partial charge >= 0.3 is 0 Å². The first-order valence-corrected chi connectivity index (χ1v) is 6.87. The van der Waals surface area contributed by atoms with Gasteiger partial charge in [0, 0.05) is 10.4 Å². The first-order valence-electron chi connectivity index (χ1n) is 6.06. The van der Waals surface area contributed by atoms with E-state index in [0.29, 0.717) is 0 Å². The van der Waals surface area contributed by atoms with E-state index in [0.717, 1.165) is 23.3 Å². The first-order chi connectivity index (χ1) is 8.34. The Balaban J connectivity index is 1.94. The van der Waals surface area contributed by atoms with Crippen LogP contribution in [0.1, 0.15) is 38.5 Å². The zero-order valence-electron chi connectivity index (χ0n) is 9.61. The van der Waals surface area contributed by atoms with Crippen molar-refractivity contribution in [3.63, 3.8) is 0 Å². The van der Waals surface area contributed by atoms with Crippen LogP contribution in [0.2, 0.25) is 0 Å². The predicted octanol–water partition coefficient (Wildman–Crippen LogP) is 3.86. The summed E-state index contributed by atoms with van der Waals surface area (Å²) >= 11 is 1.69. The number of hydrogen-bond acceptors (Lipinski definition) is 2. The third-order valence-corrected chi connectivity index (χ3v) is 4.49. The summed E-state index contributed by atoms with van der Waals surface area (Å²) < 4.78 is 0. The van der Waals surface area contributed by atoms with E-state index in [4.69, 9.17) is 0 Å². The molecule has 0 amide bonds. The zero-order chi connectivity index (χ0) is 11.7. The highest BCUT2D eigenvalue weighted by atomic mass is 32.1. The molecule has 1 aromatic heterocycles. The van der Waals surface area contributed by atoms with Gasteiger partial charge in [-0.3, -0.25) is 4.79 Å². The molecule has 0 aliphatic heterocycles. The molecule has 2 aromatic rings. The molecule has 1 nitrogen and oxygen atoms in total. The molecule has 0 saturated heterocycles. The summed E-state index contributed by atoms with van der Waals surface area (Å²) in [4.78, 5) is 14.6. The second-order valence-electron chi connectivity index (χ2n) is 4.46. The molecule has 0 atom stereocenters. The smallest absolute Gasteiger partial charge is 0.202 e. The van der Waals surface area contributed by atoms with Crippen molar-refractivity contribution in [3.8, 4) is 0 Å². The van der Waals surface area contributed by atoms with Gasteiger partial charge in [-0.05, 0) is 37.3 Å². The number of hydrogen-bond donors (Lipinski definition) is 0. The van der Waals surface area contributed by atoms with Crippen molar-refractivity contribution >= 4 is 17.1 Å². The van der Waals surface area contributed by atoms with Crippen LogP contribution in [0.3, 0.4) is 0 Å². The van der Waals surface area contributed by atoms with E-state index < -0.39 is 0 Å². The molecule has 0 N–H and O–H groups in total. The quantitative estimate of drug-likeness (QED) is 0.731. The van der Waals surface area contributed by atoms with Crippen molar-refractivity contribution in [2.24, 2.45) is 0 Å². The van der Waals surface area contributed by atoms with Crippen molar-refractivity contribution in [3.05, 3.63) is 57.3 Å². The number of carbonyl (C=O) groups is 1. The monoisotopic (exact) mass is 242 g/mol. The molecule has 1 heterocycles. The van der Waals surface area contributed by atoms with Crippen LogP contribution in [0.5, 0.6) is 0 Å². The Labute approximate surface area is 105 Å². The Bertz CT molecular complexity index is 516. The van der Waals surface area contributed by atoms with Crippen LogP contribution in [-0.4, -0.2) is 5.78 Å². The molecule has 0 saturated carbocycles. The van der Waals surface area contributed by atoms with Gasteiger partial charge in [0.15, 0.2) is 0 Å². The van der Waals surface area contributed by atoms with Gasteiger partial charge in [0.05, 0.1) is 4.88 Å². The van der Waals surface area contributed by atoms with E-state index in [1.165, 1.54) is 23.3 Å². The minimum atomic E-state index is 0.171. The summed E-state index contributed by atoms with van der Waals surface area (Å²) in [6, 6.07) is 11.7. The lowest BCUT2D eigenvalue weighted by Crippen LogP contribution is -1.98. The average Bonchev–Trinajstić information content (AvgIpc) is 2.82. The minimum Gasteiger partial charge on any atom is -0.288 e. The molecule has 0 fully saturated rings. The predicted molar refractivity (Wildman–Crippen MR) is 70.8 cm³/mol. The van der Waals surface area contributed by atoms with Gasteiger partial charge in [0.1, 0.15) is 0 Å². The highest BCUT2D eigenvalue weighted by molar-refractivity contribution is 7.14. The summed E-state index contributed by atoms with van der Waals surface area (Å²) in [6.07, 6.45) is 4.84. The number of carbonyl (C=O) groups excluding carboxylic acids is 1. The van der Waals surface area contributed by atoms with Gasteiger partial charge < -0.3 is 0 Å². The number of thiophene rings is 1. The second-order valence-corrected chi connectivity index (χ2v) is 5.60. The standard InChI is InChI=1S/C15H14OS/c16-15(11-6-2-1-3-7-11)14-10-12-8-4-5-9-13(12)17-14/h1-3,6-7,10H,4-5,8-9H2. The van der Waals surface area contributed by atoms with Crippen LogP contribution in [0.15, 0.2) is 36.4 Å². The molecule has 3 rings (SSSR count). The number of aryl methyl sites for hydroxylation is 2. The lowest BCUT2D eigenvalue weighted by molar-refractivity contribution is 0.104. The molecule has 17 heavy (non-hydrogen) atoms. The summed E-state index contributed by atoms with van der Waals surface area (Å²) in [5.74, 6) is 0.171. The van der Waals surface area contributed by atoms with Gasteiger partial charge in [-0.25, -0.2) is 0 Å². The topological polar surface area (TPSA) is 17.1 Å². The van der Waals surface area contributed by atoms with Gasteiger partial charge in [-0.15, -0.1) is 11.3 Å².